The monoisotopic (exact) mass is 343 g/mol. The van der Waals surface area contributed by atoms with Gasteiger partial charge in [-0.2, -0.15) is 0 Å². The molecule has 1 unspecified atom stereocenters. The van der Waals surface area contributed by atoms with Gasteiger partial charge in [0.2, 0.25) is 5.91 Å². The van der Waals surface area contributed by atoms with Gasteiger partial charge in [0.05, 0.1) is 24.5 Å². The number of carbonyl (C=O) groups is 1. The van der Waals surface area contributed by atoms with Crippen LogP contribution in [0.5, 0.6) is 5.75 Å². The lowest BCUT2D eigenvalue weighted by atomic mass is 9.95. The molecule has 0 bridgehead atoms. The molecule has 1 atom stereocenters. The van der Waals surface area contributed by atoms with Crippen molar-refractivity contribution in [2.24, 2.45) is 5.41 Å². The van der Waals surface area contributed by atoms with Crippen LogP contribution in [0.1, 0.15) is 45.6 Å². The summed E-state index contributed by atoms with van der Waals surface area (Å²) in [5, 5.41) is 11.7. The summed E-state index contributed by atoms with van der Waals surface area (Å²) in [6.45, 7) is 4.67. The predicted octanol–water partition coefficient (Wildman–Crippen LogP) is 3.35. The van der Waals surface area contributed by atoms with Crippen molar-refractivity contribution in [2.45, 2.75) is 52.9 Å². The molecule has 1 fully saturated rings. The van der Waals surface area contributed by atoms with E-state index in [4.69, 9.17) is 9.47 Å². The Morgan fingerprint density at radius 1 is 1.38 bits per heavy atom. The minimum atomic E-state index is -1.01. The van der Waals surface area contributed by atoms with Crippen molar-refractivity contribution in [3.05, 3.63) is 23.3 Å². The van der Waals surface area contributed by atoms with Crippen LogP contribution in [0.4, 0.5) is 14.5 Å². The van der Waals surface area contributed by atoms with E-state index in [1.54, 1.807) is 20.8 Å². The number of aliphatic hydroxyl groups is 1. The van der Waals surface area contributed by atoms with Crippen molar-refractivity contribution >= 4 is 11.6 Å². The van der Waals surface area contributed by atoms with E-state index in [2.05, 4.69) is 5.32 Å². The Balaban J connectivity index is 2.33. The van der Waals surface area contributed by atoms with Gasteiger partial charge in [-0.05, 0) is 12.8 Å². The fourth-order valence-electron chi connectivity index (χ4n) is 2.24. The molecule has 0 saturated carbocycles. The topological polar surface area (TPSA) is 67.8 Å². The zero-order chi connectivity index (χ0) is 17.9. The van der Waals surface area contributed by atoms with E-state index < -0.39 is 41.4 Å². The first-order chi connectivity index (χ1) is 11.2. The number of aliphatic hydroxyl groups excluding tert-OH is 1. The number of amides is 1. The summed E-state index contributed by atoms with van der Waals surface area (Å²) in [7, 11) is 0. The van der Waals surface area contributed by atoms with Gasteiger partial charge in [0.1, 0.15) is 0 Å². The number of benzene rings is 1. The third-order valence-electron chi connectivity index (χ3n) is 3.74. The van der Waals surface area contributed by atoms with E-state index in [-0.39, 0.29) is 11.4 Å². The SMILES string of the molecule is CC(C)(C)C(=O)Nc1cc(OC2CCCCO2)c(F)c(CO)c1F. The van der Waals surface area contributed by atoms with Crippen molar-refractivity contribution in [1.29, 1.82) is 0 Å². The quantitative estimate of drug-likeness (QED) is 0.880. The number of rotatable bonds is 4. The fraction of sp³-hybridized carbons (Fsp3) is 0.588. The Kier molecular flexibility index (Phi) is 5.77. The summed E-state index contributed by atoms with van der Waals surface area (Å²) < 4.78 is 39.5. The third kappa shape index (κ3) is 4.21. The summed E-state index contributed by atoms with van der Waals surface area (Å²) in [5.74, 6) is -2.68. The van der Waals surface area contributed by atoms with Crippen molar-refractivity contribution < 1.29 is 28.2 Å². The summed E-state index contributed by atoms with van der Waals surface area (Å²) in [5.41, 5.74) is -1.54. The van der Waals surface area contributed by atoms with Crippen LogP contribution in [0.2, 0.25) is 0 Å². The van der Waals surface area contributed by atoms with Gasteiger partial charge in [0.25, 0.3) is 0 Å². The standard InChI is InChI=1S/C17H23F2NO4/c1-17(2,3)16(22)20-11-8-12(15(19)10(9-21)14(11)18)24-13-6-4-5-7-23-13/h8,13,21H,4-7,9H2,1-3H3,(H,20,22). The van der Waals surface area contributed by atoms with Gasteiger partial charge in [-0.25, -0.2) is 8.78 Å². The Morgan fingerprint density at radius 3 is 2.62 bits per heavy atom. The first-order valence-corrected chi connectivity index (χ1v) is 7.95. The molecule has 0 spiro atoms. The van der Waals surface area contributed by atoms with E-state index in [0.29, 0.717) is 13.0 Å². The zero-order valence-corrected chi connectivity index (χ0v) is 14.1. The van der Waals surface area contributed by atoms with Crippen LogP contribution in [-0.2, 0) is 16.1 Å². The fourth-order valence-corrected chi connectivity index (χ4v) is 2.24. The van der Waals surface area contributed by atoms with Crippen LogP contribution in [0, 0.1) is 17.0 Å². The molecule has 0 aliphatic carbocycles. The molecule has 24 heavy (non-hydrogen) atoms. The van der Waals surface area contributed by atoms with Gasteiger partial charge in [0.15, 0.2) is 23.7 Å². The van der Waals surface area contributed by atoms with E-state index in [9.17, 15) is 18.7 Å². The molecule has 1 aliphatic rings. The highest BCUT2D eigenvalue weighted by molar-refractivity contribution is 5.94. The largest absolute Gasteiger partial charge is 0.462 e. The second-order valence-electron chi connectivity index (χ2n) is 6.81. The Hall–Kier alpha value is -1.73. The predicted molar refractivity (Wildman–Crippen MR) is 84.6 cm³/mol. The van der Waals surface area contributed by atoms with E-state index >= 15 is 0 Å². The molecule has 0 aromatic heterocycles. The lowest BCUT2D eigenvalue weighted by molar-refractivity contribution is -0.123. The van der Waals surface area contributed by atoms with Gasteiger partial charge in [0, 0.05) is 17.9 Å². The maximum atomic E-state index is 14.3. The molecule has 2 rings (SSSR count). The Morgan fingerprint density at radius 2 is 2.08 bits per heavy atom. The highest BCUT2D eigenvalue weighted by Crippen LogP contribution is 2.32. The molecule has 1 aromatic carbocycles. The van der Waals surface area contributed by atoms with Gasteiger partial charge in [-0.3, -0.25) is 4.79 Å². The molecular weight excluding hydrogens is 320 g/mol. The summed E-state index contributed by atoms with van der Waals surface area (Å²) in [6.07, 6.45) is 1.75. The maximum absolute atomic E-state index is 14.3. The number of hydrogen-bond donors (Lipinski definition) is 2. The van der Waals surface area contributed by atoms with Crippen molar-refractivity contribution in [3.8, 4) is 5.75 Å². The smallest absolute Gasteiger partial charge is 0.229 e. The maximum Gasteiger partial charge on any atom is 0.229 e. The van der Waals surface area contributed by atoms with Crippen LogP contribution in [0.3, 0.4) is 0 Å². The molecule has 1 amide bonds. The second kappa shape index (κ2) is 7.44. The van der Waals surface area contributed by atoms with Gasteiger partial charge >= 0.3 is 0 Å². The lowest BCUT2D eigenvalue weighted by Crippen LogP contribution is -2.29. The molecule has 134 valence electrons. The summed E-state index contributed by atoms with van der Waals surface area (Å²) >= 11 is 0. The molecule has 1 saturated heterocycles. The first-order valence-electron chi connectivity index (χ1n) is 7.95. The number of anilines is 1. The summed E-state index contributed by atoms with van der Waals surface area (Å²) in [6, 6.07) is 1.09. The van der Waals surface area contributed by atoms with E-state index in [1.807, 2.05) is 0 Å². The van der Waals surface area contributed by atoms with E-state index in [0.717, 1.165) is 18.9 Å². The second-order valence-corrected chi connectivity index (χ2v) is 6.81. The van der Waals surface area contributed by atoms with E-state index in [1.165, 1.54) is 0 Å². The van der Waals surface area contributed by atoms with Gasteiger partial charge in [-0.1, -0.05) is 20.8 Å². The molecule has 2 N–H and O–H groups in total. The Labute approximate surface area is 140 Å². The minimum Gasteiger partial charge on any atom is -0.462 e. The highest BCUT2D eigenvalue weighted by Gasteiger charge is 2.26. The zero-order valence-electron chi connectivity index (χ0n) is 14.1. The number of nitrogens with one attached hydrogen (secondary N) is 1. The number of hydrogen-bond acceptors (Lipinski definition) is 4. The lowest BCUT2D eigenvalue weighted by Gasteiger charge is -2.25. The Bertz CT molecular complexity index is 608. The molecule has 1 aromatic rings. The van der Waals surface area contributed by atoms with Crippen LogP contribution in [-0.4, -0.2) is 23.9 Å². The normalized spacial score (nSPS) is 18.3. The average molecular weight is 343 g/mol. The molecule has 0 radical (unpaired) electrons. The molecule has 1 heterocycles. The summed E-state index contributed by atoms with van der Waals surface area (Å²) in [4.78, 5) is 12.1. The molecular formula is C17H23F2NO4. The molecule has 7 heteroatoms. The van der Waals surface area contributed by atoms with Crippen molar-refractivity contribution in [2.75, 3.05) is 11.9 Å². The first kappa shape index (κ1) is 18.6. The molecule has 1 aliphatic heterocycles. The minimum absolute atomic E-state index is 0.230. The average Bonchev–Trinajstić information content (AvgIpc) is 2.52. The van der Waals surface area contributed by atoms with Gasteiger partial charge < -0.3 is 19.9 Å². The van der Waals surface area contributed by atoms with Crippen LogP contribution in [0.25, 0.3) is 0 Å². The van der Waals surface area contributed by atoms with Gasteiger partial charge in [-0.15, -0.1) is 0 Å². The highest BCUT2D eigenvalue weighted by atomic mass is 19.1. The number of carbonyl (C=O) groups excluding carboxylic acids is 1. The van der Waals surface area contributed by atoms with Crippen LogP contribution >= 0.6 is 0 Å². The number of ether oxygens (including phenoxy) is 2. The number of halogens is 2. The van der Waals surface area contributed by atoms with Crippen molar-refractivity contribution in [3.63, 3.8) is 0 Å². The van der Waals surface area contributed by atoms with Crippen LogP contribution < -0.4 is 10.1 Å². The van der Waals surface area contributed by atoms with Crippen LogP contribution in [0.15, 0.2) is 6.07 Å². The third-order valence-corrected chi connectivity index (χ3v) is 3.74. The van der Waals surface area contributed by atoms with Crippen molar-refractivity contribution in [1.82, 2.24) is 0 Å². The molecule has 5 nitrogen and oxygen atoms in total.